The van der Waals surface area contributed by atoms with E-state index < -0.39 is 0 Å². The summed E-state index contributed by atoms with van der Waals surface area (Å²) in [6, 6.07) is 20.0. The summed E-state index contributed by atoms with van der Waals surface area (Å²) in [7, 11) is 0.194. The summed E-state index contributed by atoms with van der Waals surface area (Å²) in [5.74, 6) is -0.577. The summed E-state index contributed by atoms with van der Waals surface area (Å²) < 4.78 is 17.8. The number of anilines is 1. The van der Waals surface area contributed by atoms with Crippen molar-refractivity contribution in [1.29, 1.82) is 0 Å². The van der Waals surface area contributed by atoms with Crippen molar-refractivity contribution in [2.75, 3.05) is 24.7 Å². The molecule has 2 N–H and O–H groups in total. The molecule has 0 saturated heterocycles. The van der Waals surface area contributed by atoms with Gasteiger partial charge < -0.3 is 19.9 Å². The summed E-state index contributed by atoms with van der Waals surface area (Å²) >= 11 is 1.63. The van der Waals surface area contributed by atoms with Crippen LogP contribution in [0.15, 0.2) is 66.7 Å². The van der Waals surface area contributed by atoms with Crippen molar-refractivity contribution >= 4 is 53.1 Å². The average molecular weight is 710 g/mol. The van der Waals surface area contributed by atoms with Crippen molar-refractivity contribution < 1.29 is 19.1 Å². The summed E-state index contributed by atoms with van der Waals surface area (Å²) in [4.78, 5) is 35.5. The molecular weight excluding hydrogens is 666 g/mol. The van der Waals surface area contributed by atoms with Crippen LogP contribution >= 0.6 is 11.3 Å². The number of halogens is 1. The SMILES string of the molecule is CCCCN(CCCC)C(=O)c1cc(C)n(-c2ccc(N[Si]c3sc4ccc(F)cc4c3C)cc2C(=O)N2Cc3ccccc3C[C@H]2CO)n1. The molecule has 0 bridgehead atoms. The molecule has 3 heterocycles. The molecule has 6 rings (SSSR count). The highest BCUT2D eigenvalue weighted by Gasteiger charge is 2.32. The van der Waals surface area contributed by atoms with Crippen LogP contribution < -0.4 is 9.48 Å². The van der Waals surface area contributed by atoms with Gasteiger partial charge in [0.25, 0.3) is 11.8 Å². The Kier molecular flexibility index (Phi) is 11.1. The molecule has 1 aliphatic rings. The quantitative estimate of drug-likeness (QED) is 0.131. The minimum Gasteiger partial charge on any atom is -0.407 e. The maximum absolute atomic E-state index is 14.6. The van der Waals surface area contributed by atoms with E-state index in [9.17, 15) is 19.1 Å². The Balaban J connectivity index is 1.36. The van der Waals surface area contributed by atoms with E-state index in [1.807, 2.05) is 61.2 Å². The van der Waals surface area contributed by atoms with E-state index in [2.05, 4.69) is 24.9 Å². The van der Waals surface area contributed by atoms with Crippen LogP contribution in [0.5, 0.6) is 0 Å². The van der Waals surface area contributed by atoms with Crippen LogP contribution in [0.3, 0.4) is 0 Å². The number of unbranched alkanes of at least 4 members (excludes halogenated alkanes) is 2. The van der Waals surface area contributed by atoms with E-state index in [1.165, 1.54) is 6.07 Å². The van der Waals surface area contributed by atoms with Crippen LogP contribution in [0.1, 0.15) is 82.8 Å². The van der Waals surface area contributed by atoms with Crippen molar-refractivity contribution in [2.24, 2.45) is 0 Å². The molecule has 11 heteroatoms. The van der Waals surface area contributed by atoms with E-state index in [4.69, 9.17) is 5.10 Å². The van der Waals surface area contributed by atoms with Gasteiger partial charge in [0, 0.05) is 40.2 Å². The fourth-order valence-electron chi connectivity index (χ4n) is 6.55. The van der Waals surface area contributed by atoms with Crippen molar-refractivity contribution in [3.63, 3.8) is 0 Å². The maximum atomic E-state index is 14.6. The molecule has 1 aliphatic heterocycles. The van der Waals surface area contributed by atoms with E-state index >= 15 is 0 Å². The topological polar surface area (TPSA) is 90.7 Å². The molecule has 1 atom stereocenters. The lowest BCUT2D eigenvalue weighted by atomic mass is 9.93. The number of carbonyl (C=O) groups excluding carboxylic acids is 2. The number of hydrogen-bond donors (Lipinski definition) is 2. The predicted octanol–water partition coefficient (Wildman–Crippen LogP) is 6.80. The number of nitrogens with zero attached hydrogens (tertiary/aromatic N) is 4. The fourth-order valence-corrected chi connectivity index (χ4v) is 8.92. The van der Waals surface area contributed by atoms with Crippen molar-refractivity contribution in [3.05, 3.63) is 106 Å². The minimum absolute atomic E-state index is 0.104. The Morgan fingerprint density at radius 3 is 2.48 bits per heavy atom. The van der Waals surface area contributed by atoms with E-state index in [0.717, 1.165) is 68.3 Å². The molecule has 3 aromatic carbocycles. The standard InChI is InChI=1S/C39H44FN5O3SSi/c1-5-7-17-43(18-8-6-2)38(48)34-19-25(3)45(41-34)35-15-14-30(42-50-39-26(4)32-21-29(40)13-16-36(32)49-39)22-33(35)37(47)44-23-28-12-10-9-11-27(28)20-31(44)24-46/h9-16,19,21-22,31,42,46H,5-8,17-18,20,23-24H2,1-4H3/t31-/m0/s1. The number of benzene rings is 3. The lowest BCUT2D eigenvalue weighted by Gasteiger charge is -2.36. The molecule has 50 heavy (non-hydrogen) atoms. The van der Waals surface area contributed by atoms with Gasteiger partial charge in [-0.3, -0.25) is 9.59 Å². The highest BCUT2D eigenvalue weighted by Crippen LogP contribution is 2.30. The molecule has 2 radical (unpaired) electrons. The number of rotatable bonds is 13. The van der Waals surface area contributed by atoms with Crippen molar-refractivity contribution in [2.45, 2.75) is 72.4 Å². The molecule has 8 nitrogen and oxygen atoms in total. The van der Waals surface area contributed by atoms with Crippen molar-refractivity contribution in [3.8, 4) is 5.69 Å². The molecule has 5 aromatic rings. The van der Waals surface area contributed by atoms with Gasteiger partial charge in [-0.1, -0.05) is 51.0 Å². The normalized spacial score (nSPS) is 14.2. The third kappa shape index (κ3) is 7.40. The summed E-state index contributed by atoms with van der Waals surface area (Å²) in [6.45, 7) is 9.72. The van der Waals surface area contributed by atoms with Crippen molar-refractivity contribution in [1.82, 2.24) is 19.6 Å². The second-order valence-electron chi connectivity index (χ2n) is 13.0. The Labute approximate surface area is 299 Å². The van der Waals surface area contributed by atoms with Gasteiger partial charge in [0.2, 0.25) is 9.68 Å². The first-order chi connectivity index (χ1) is 24.2. The number of aromatic nitrogens is 2. The van der Waals surface area contributed by atoms with Gasteiger partial charge in [-0.25, -0.2) is 9.07 Å². The van der Waals surface area contributed by atoms with Gasteiger partial charge in [-0.15, -0.1) is 11.3 Å². The second kappa shape index (κ2) is 15.7. The van der Waals surface area contributed by atoms with E-state index in [1.54, 1.807) is 33.1 Å². The van der Waals surface area contributed by atoms with Crippen LogP contribution in [0.4, 0.5) is 10.1 Å². The number of aliphatic hydroxyl groups excluding tert-OH is 1. The second-order valence-corrected chi connectivity index (χ2v) is 15.4. The van der Waals surface area contributed by atoms with Gasteiger partial charge in [0.05, 0.1) is 23.9 Å². The van der Waals surface area contributed by atoms with Crippen LogP contribution in [-0.2, 0) is 13.0 Å². The first-order valence-corrected chi connectivity index (χ1v) is 19.2. The van der Waals surface area contributed by atoms with Crippen LogP contribution in [0.2, 0.25) is 0 Å². The summed E-state index contributed by atoms with van der Waals surface area (Å²) in [6.07, 6.45) is 4.39. The highest BCUT2D eigenvalue weighted by molar-refractivity contribution is 7.27. The first-order valence-electron chi connectivity index (χ1n) is 17.4. The van der Waals surface area contributed by atoms with Crippen LogP contribution in [-0.4, -0.2) is 71.9 Å². The van der Waals surface area contributed by atoms with Gasteiger partial charge in [-0.05, 0) is 97.7 Å². The molecule has 0 fully saturated rings. The Morgan fingerprint density at radius 2 is 1.76 bits per heavy atom. The number of hydrogen-bond acceptors (Lipinski definition) is 6. The van der Waals surface area contributed by atoms with E-state index in [-0.39, 0.29) is 40.0 Å². The minimum atomic E-state index is -0.383. The van der Waals surface area contributed by atoms with Gasteiger partial charge >= 0.3 is 0 Å². The maximum Gasteiger partial charge on any atom is 0.274 e. The number of fused-ring (bicyclic) bond motifs is 2. The molecule has 260 valence electrons. The number of aliphatic hydroxyl groups is 1. The fraction of sp³-hybridized carbons (Fsp3) is 0.359. The number of nitrogens with one attached hydrogen (secondary N) is 1. The highest BCUT2D eigenvalue weighted by atomic mass is 32.1. The monoisotopic (exact) mass is 709 g/mol. The third-order valence-corrected chi connectivity index (χ3v) is 12.2. The molecular formula is C39H44FN5O3SSi. The van der Waals surface area contributed by atoms with E-state index in [0.29, 0.717) is 43.0 Å². The Hall–Kier alpha value is -4.32. The number of carbonyl (C=O) groups is 2. The smallest absolute Gasteiger partial charge is 0.274 e. The zero-order valence-corrected chi connectivity index (χ0v) is 30.9. The zero-order valence-electron chi connectivity index (χ0n) is 29.1. The van der Waals surface area contributed by atoms with Gasteiger partial charge in [0.1, 0.15) is 5.82 Å². The van der Waals surface area contributed by atoms with Crippen LogP contribution in [0.25, 0.3) is 15.8 Å². The molecule has 0 spiro atoms. The Morgan fingerprint density at radius 1 is 1.02 bits per heavy atom. The van der Waals surface area contributed by atoms with Crippen LogP contribution in [0, 0.1) is 19.7 Å². The number of amides is 2. The molecule has 0 saturated carbocycles. The summed E-state index contributed by atoms with van der Waals surface area (Å²) in [5, 5.41) is 16.1. The first kappa shape index (κ1) is 35.5. The lowest BCUT2D eigenvalue weighted by Crippen LogP contribution is -2.46. The van der Waals surface area contributed by atoms with Gasteiger partial charge in [-0.2, -0.15) is 5.10 Å². The Bertz CT molecular complexity index is 2000. The third-order valence-electron chi connectivity index (χ3n) is 9.46. The largest absolute Gasteiger partial charge is 0.407 e. The lowest BCUT2D eigenvalue weighted by molar-refractivity contribution is 0.0544. The zero-order chi connectivity index (χ0) is 35.4. The molecule has 0 aliphatic carbocycles. The average Bonchev–Trinajstić information content (AvgIpc) is 3.67. The van der Waals surface area contributed by atoms with Gasteiger partial charge in [0.15, 0.2) is 5.69 Å². The molecule has 2 aromatic heterocycles. The molecule has 2 amide bonds. The molecule has 0 unspecified atom stereocenters. The number of aryl methyl sites for hydroxylation is 2. The predicted molar refractivity (Wildman–Crippen MR) is 200 cm³/mol. The summed E-state index contributed by atoms with van der Waals surface area (Å²) in [5.41, 5.74) is 6.07. The number of thiophene rings is 1.